The average molecular weight is 1070 g/mol. The fourth-order valence-electron chi connectivity index (χ4n) is 13.6. The summed E-state index contributed by atoms with van der Waals surface area (Å²) in [5, 5.41) is 39.1. The first kappa shape index (κ1) is 61.8. The number of allylic oxidation sites excluding steroid dienone is 1. The molecule has 6 unspecified atom stereocenters. The molecule has 3 saturated carbocycles. The third-order valence-corrected chi connectivity index (χ3v) is 18.9. The number of nitrogens with zero attached hydrogens (tertiary/aromatic N) is 1. The molecule has 5 rings (SSSR count). The lowest BCUT2D eigenvalue weighted by Gasteiger charge is -2.58. The number of carbonyl (C=O) groups is 5. The van der Waals surface area contributed by atoms with Crippen molar-refractivity contribution < 1.29 is 67.3 Å². The number of phosphoric acid groups is 1. The van der Waals surface area contributed by atoms with Crippen molar-refractivity contribution in [3.8, 4) is 0 Å². The molecule has 0 spiro atoms. The van der Waals surface area contributed by atoms with Gasteiger partial charge in [0.2, 0.25) is 29.5 Å². The Labute approximate surface area is 439 Å². The van der Waals surface area contributed by atoms with E-state index in [9.17, 15) is 48.8 Å². The van der Waals surface area contributed by atoms with Gasteiger partial charge in [-0.05, 0) is 124 Å². The van der Waals surface area contributed by atoms with Crippen molar-refractivity contribution in [1.29, 1.82) is 0 Å². The van der Waals surface area contributed by atoms with Crippen molar-refractivity contribution in [3.63, 3.8) is 0 Å². The predicted octanol–water partition coefficient (Wildman–Crippen LogP) is 3.95. The number of nitrogens with one attached hydrogen (secondary N) is 3. The van der Waals surface area contributed by atoms with Crippen molar-refractivity contribution in [2.24, 2.45) is 63.7 Å². The van der Waals surface area contributed by atoms with Crippen LogP contribution in [0.15, 0.2) is 11.6 Å². The van der Waals surface area contributed by atoms with Crippen LogP contribution in [0.4, 0.5) is 0 Å². The largest absolute Gasteiger partial charge is 0.472 e. The molecule has 0 aromatic rings. The highest BCUT2D eigenvalue weighted by atomic mass is 31.2. The van der Waals surface area contributed by atoms with Crippen LogP contribution < -0.4 is 27.4 Å². The maximum atomic E-state index is 14.0. The van der Waals surface area contributed by atoms with Crippen LogP contribution in [0, 0.1) is 52.3 Å². The van der Waals surface area contributed by atoms with E-state index in [0.29, 0.717) is 36.0 Å². The van der Waals surface area contributed by atoms with Crippen molar-refractivity contribution in [2.45, 2.75) is 214 Å². The van der Waals surface area contributed by atoms with E-state index in [1.54, 1.807) is 13.8 Å². The number of fused-ring (bicyclic) bond motifs is 5. The molecule has 1 heterocycles. The Balaban J connectivity index is 1.18. The van der Waals surface area contributed by atoms with Gasteiger partial charge in [0.1, 0.15) is 36.4 Å². The van der Waals surface area contributed by atoms with E-state index in [1.165, 1.54) is 71.3 Å². The molecule has 0 aromatic heterocycles. The zero-order valence-electron chi connectivity index (χ0n) is 45.8. The molecule has 0 radical (unpaired) electrons. The second-order valence-corrected chi connectivity index (χ2v) is 25.1. The van der Waals surface area contributed by atoms with Gasteiger partial charge in [-0.15, -0.1) is 0 Å². The summed E-state index contributed by atoms with van der Waals surface area (Å²) in [7, 11) is -4.57. The monoisotopic (exact) mass is 1070 g/mol. The summed E-state index contributed by atoms with van der Waals surface area (Å²) in [6.07, 6.45) is 6.44. The Morgan fingerprint density at radius 3 is 2.30 bits per heavy atom. The van der Waals surface area contributed by atoms with Crippen LogP contribution in [0.5, 0.6) is 0 Å². The van der Waals surface area contributed by atoms with Crippen molar-refractivity contribution in [2.75, 3.05) is 26.3 Å². The molecule has 5 amide bonds. The molecule has 4 fully saturated rings. The SMILES string of the molecule is CC(=O)N[C@@H]1[C@@H](OC(C)CN(C(=O)CC[C@@H](NC(=O)[C@@H](N)C(C)C)C(N)=O)[C@@H](C)C(=O)NCCOP(=O)(O)OC2CC[C@@]3(C)C(=CCC4C3CC[C@@]3(C)C4CC[C@@H]3[C@H](C)CCCC(C)C)C2)[C@H](O)[C@@H](CO)O[C@@H]1O. The van der Waals surface area contributed by atoms with Crippen LogP contribution in [0.2, 0.25) is 0 Å². The number of primary amides is 1. The Kier molecular flexibility index (Phi) is 22.2. The lowest BCUT2D eigenvalue weighted by molar-refractivity contribution is -0.268. The van der Waals surface area contributed by atoms with Crippen LogP contribution in [0.3, 0.4) is 0 Å². The van der Waals surface area contributed by atoms with Gasteiger partial charge in [-0.25, -0.2) is 4.57 Å². The van der Waals surface area contributed by atoms with E-state index in [1.807, 2.05) is 0 Å². The van der Waals surface area contributed by atoms with Gasteiger partial charge in [-0.3, -0.25) is 33.0 Å². The molecule has 11 N–H and O–H groups in total. The molecular weight excluding hydrogens is 976 g/mol. The maximum absolute atomic E-state index is 14.0. The van der Waals surface area contributed by atoms with Crippen LogP contribution in [-0.2, 0) is 47.1 Å². The summed E-state index contributed by atoms with van der Waals surface area (Å²) < 4.78 is 36.0. The van der Waals surface area contributed by atoms with Gasteiger partial charge < -0.3 is 62.0 Å². The number of amides is 5. The van der Waals surface area contributed by atoms with Gasteiger partial charge >= 0.3 is 7.82 Å². The van der Waals surface area contributed by atoms with E-state index in [-0.39, 0.29) is 37.3 Å². The number of hydrogen-bond donors (Lipinski definition) is 9. The minimum Gasteiger partial charge on any atom is -0.394 e. The number of aliphatic hydroxyl groups excluding tert-OH is 3. The Hall–Kier alpha value is -3.04. The average Bonchev–Trinajstić information content (AvgIpc) is 3.69. The third-order valence-electron chi connectivity index (χ3n) is 17.8. The second kappa shape index (κ2) is 26.5. The topological polar surface area (TPSA) is 312 Å². The standard InChI is InChI=1S/C53H93N6O14P/c1-29(2)12-11-13-31(5)38-16-17-39-37-15-14-35-26-36(20-22-52(35,9)40(37)21-23-53(38,39)10)73-74(68,69)70-25-24-56-49(65)33(7)59(43(62)19-18-41(48(55)64)58-50(66)44(54)30(3)4)27-32(6)71-47-45(57-34(8)61)51(67)72-42(28-60)46(47)63/h14,29-33,36-42,44-47,51,60,63,67H,11-13,15-28,54H2,1-10H3,(H2,55,64)(H,56,65)(H,57,61)(H,58,66)(H,68,69)/t31-,32?,33+,36?,37?,38-,39?,40?,41-,42-,44+,45-,46-,47-,51+,52+,53-/m1/s1. The first-order valence-electron chi connectivity index (χ1n) is 27.5. The highest BCUT2D eigenvalue weighted by Gasteiger charge is 2.59. The van der Waals surface area contributed by atoms with Gasteiger partial charge in [-0.1, -0.05) is 79.4 Å². The van der Waals surface area contributed by atoms with Gasteiger partial charge in [0.05, 0.1) is 31.5 Å². The van der Waals surface area contributed by atoms with E-state index in [2.05, 4.69) is 56.6 Å². The molecule has 424 valence electrons. The quantitative estimate of drug-likeness (QED) is 0.0337. The van der Waals surface area contributed by atoms with Crippen LogP contribution >= 0.6 is 7.82 Å². The molecule has 1 aliphatic heterocycles. The predicted molar refractivity (Wildman–Crippen MR) is 277 cm³/mol. The lowest BCUT2D eigenvalue weighted by Crippen LogP contribution is -2.65. The summed E-state index contributed by atoms with van der Waals surface area (Å²) in [6.45, 7) is 18.0. The highest BCUT2D eigenvalue weighted by Crippen LogP contribution is 2.68. The minimum absolute atomic E-state index is 0.0132. The molecule has 5 aliphatic rings. The van der Waals surface area contributed by atoms with Crippen LogP contribution in [0.25, 0.3) is 0 Å². The molecule has 0 bridgehead atoms. The lowest BCUT2D eigenvalue weighted by atomic mass is 9.47. The second-order valence-electron chi connectivity index (χ2n) is 23.7. The maximum Gasteiger partial charge on any atom is 0.472 e. The zero-order chi connectivity index (χ0) is 55.0. The van der Waals surface area contributed by atoms with Crippen molar-refractivity contribution >= 4 is 37.4 Å². The first-order chi connectivity index (χ1) is 34.6. The number of phosphoric ester groups is 1. The molecule has 0 aromatic carbocycles. The summed E-state index contributed by atoms with van der Waals surface area (Å²) >= 11 is 0. The Morgan fingerprint density at radius 1 is 0.959 bits per heavy atom. The van der Waals surface area contributed by atoms with Gasteiger partial charge in [-0.2, -0.15) is 0 Å². The van der Waals surface area contributed by atoms with E-state index < -0.39 is 112 Å². The molecule has 1 saturated heterocycles. The van der Waals surface area contributed by atoms with Crippen LogP contribution in [-0.4, -0.2) is 142 Å². The van der Waals surface area contributed by atoms with Gasteiger partial charge in [0.25, 0.3) is 0 Å². The summed E-state index contributed by atoms with van der Waals surface area (Å²) in [4.78, 5) is 77.0. The summed E-state index contributed by atoms with van der Waals surface area (Å²) in [5.41, 5.74) is 13.3. The zero-order valence-corrected chi connectivity index (χ0v) is 46.7. The molecule has 20 nitrogen and oxygen atoms in total. The van der Waals surface area contributed by atoms with Crippen molar-refractivity contribution in [3.05, 3.63) is 11.6 Å². The molecule has 4 aliphatic carbocycles. The van der Waals surface area contributed by atoms with Gasteiger partial charge in [0, 0.05) is 26.4 Å². The molecule has 21 heteroatoms. The van der Waals surface area contributed by atoms with Gasteiger partial charge in [0.15, 0.2) is 6.29 Å². The number of nitrogens with two attached hydrogens (primary N) is 2. The Bertz CT molecular complexity index is 2010. The fourth-order valence-corrected chi connectivity index (χ4v) is 14.5. The minimum atomic E-state index is -4.57. The molecule has 74 heavy (non-hydrogen) atoms. The number of rotatable bonds is 26. The highest BCUT2D eigenvalue weighted by molar-refractivity contribution is 7.47. The first-order valence-corrected chi connectivity index (χ1v) is 29.0. The number of hydrogen-bond acceptors (Lipinski definition) is 14. The third kappa shape index (κ3) is 15.2. The van der Waals surface area contributed by atoms with E-state index in [4.69, 9.17) is 30.0 Å². The number of carbonyl (C=O) groups excluding carboxylic acids is 5. The smallest absolute Gasteiger partial charge is 0.394 e. The van der Waals surface area contributed by atoms with Crippen LogP contribution in [0.1, 0.15) is 153 Å². The number of aliphatic hydroxyl groups is 3. The molecule has 18 atom stereocenters. The number of ether oxygens (including phenoxy) is 2. The summed E-state index contributed by atoms with van der Waals surface area (Å²) in [5.74, 6) is 0.439. The van der Waals surface area contributed by atoms with E-state index in [0.717, 1.165) is 35.5 Å². The summed E-state index contributed by atoms with van der Waals surface area (Å²) in [6, 6.07) is -4.76. The normalized spacial score (nSPS) is 33.6. The van der Waals surface area contributed by atoms with Crippen molar-refractivity contribution in [1.82, 2.24) is 20.9 Å². The fraction of sp³-hybridized carbons (Fsp3) is 0.868. The molecular formula is C53H93N6O14P. The van der Waals surface area contributed by atoms with E-state index >= 15 is 0 Å². The Morgan fingerprint density at radius 2 is 1.66 bits per heavy atom.